The third-order valence-corrected chi connectivity index (χ3v) is 3.58. The first kappa shape index (κ1) is 14.4. The van der Waals surface area contributed by atoms with Crippen molar-refractivity contribution >= 4 is 0 Å². The fraction of sp³-hybridized carbons (Fsp3) is 0.600. The first-order valence-electron chi connectivity index (χ1n) is 6.97. The quantitative estimate of drug-likeness (QED) is 0.854. The summed E-state index contributed by atoms with van der Waals surface area (Å²) in [4.78, 5) is 0. The predicted molar refractivity (Wildman–Crippen MR) is 70.9 cm³/mol. The molecule has 19 heavy (non-hydrogen) atoms. The number of halogens is 2. The lowest BCUT2D eigenvalue weighted by Gasteiger charge is -2.22. The molecular formula is C15H21F2NO. The van der Waals surface area contributed by atoms with Crippen LogP contribution in [0.15, 0.2) is 18.2 Å². The molecule has 0 bridgehead atoms. The van der Waals surface area contributed by atoms with Gasteiger partial charge >= 0.3 is 0 Å². The summed E-state index contributed by atoms with van der Waals surface area (Å²) >= 11 is 0. The molecule has 0 aromatic heterocycles. The van der Waals surface area contributed by atoms with Crippen LogP contribution in [0.3, 0.4) is 0 Å². The molecule has 1 aliphatic rings. The zero-order chi connectivity index (χ0) is 13.7. The van der Waals surface area contributed by atoms with Crippen LogP contribution in [-0.4, -0.2) is 19.8 Å². The van der Waals surface area contributed by atoms with Crippen molar-refractivity contribution in [3.05, 3.63) is 35.4 Å². The minimum atomic E-state index is -0.465. The SMILES string of the molecule is CCCNC(CC1CCOC1)c1c(F)cccc1F. The van der Waals surface area contributed by atoms with E-state index in [1.54, 1.807) is 0 Å². The molecule has 1 aliphatic heterocycles. The minimum Gasteiger partial charge on any atom is -0.381 e. The van der Waals surface area contributed by atoms with Crippen molar-refractivity contribution in [1.29, 1.82) is 0 Å². The van der Waals surface area contributed by atoms with E-state index in [1.165, 1.54) is 18.2 Å². The molecule has 1 aromatic carbocycles. The third-order valence-electron chi connectivity index (χ3n) is 3.58. The molecule has 1 saturated heterocycles. The second-order valence-electron chi connectivity index (χ2n) is 5.11. The summed E-state index contributed by atoms with van der Waals surface area (Å²) in [5.74, 6) is -0.548. The van der Waals surface area contributed by atoms with Gasteiger partial charge in [0.2, 0.25) is 0 Å². The molecule has 1 fully saturated rings. The lowest BCUT2D eigenvalue weighted by Crippen LogP contribution is -2.26. The molecule has 1 heterocycles. The lowest BCUT2D eigenvalue weighted by atomic mass is 9.93. The highest BCUT2D eigenvalue weighted by Gasteiger charge is 2.25. The van der Waals surface area contributed by atoms with Gasteiger partial charge in [-0.1, -0.05) is 13.0 Å². The van der Waals surface area contributed by atoms with Crippen LogP contribution in [-0.2, 0) is 4.74 Å². The highest BCUT2D eigenvalue weighted by atomic mass is 19.1. The van der Waals surface area contributed by atoms with E-state index < -0.39 is 11.6 Å². The van der Waals surface area contributed by atoms with Gasteiger partial charge in [0.05, 0.1) is 0 Å². The summed E-state index contributed by atoms with van der Waals surface area (Å²) in [5, 5.41) is 3.26. The largest absolute Gasteiger partial charge is 0.381 e. The van der Waals surface area contributed by atoms with Crippen LogP contribution < -0.4 is 5.32 Å². The standard InChI is InChI=1S/C15H21F2NO/c1-2-7-18-14(9-11-6-8-19-10-11)15-12(16)4-3-5-13(15)17/h3-5,11,14,18H,2,6-10H2,1H3. The highest BCUT2D eigenvalue weighted by Crippen LogP contribution is 2.29. The van der Waals surface area contributed by atoms with Gasteiger partial charge in [-0.15, -0.1) is 0 Å². The Balaban J connectivity index is 2.15. The molecule has 106 valence electrons. The number of ether oxygens (including phenoxy) is 1. The number of nitrogens with one attached hydrogen (secondary N) is 1. The van der Waals surface area contributed by atoms with Crippen molar-refractivity contribution < 1.29 is 13.5 Å². The maximum Gasteiger partial charge on any atom is 0.130 e. The van der Waals surface area contributed by atoms with E-state index in [2.05, 4.69) is 5.32 Å². The smallest absolute Gasteiger partial charge is 0.130 e. The summed E-state index contributed by atoms with van der Waals surface area (Å²) in [7, 11) is 0. The molecule has 0 saturated carbocycles. The molecule has 2 atom stereocenters. The second kappa shape index (κ2) is 6.96. The van der Waals surface area contributed by atoms with Gasteiger partial charge in [0.25, 0.3) is 0 Å². The van der Waals surface area contributed by atoms with Gasteiger partial charge in [0.1, 0.15) is 11.6 Å². The number of hydrogen-bond donors (Lipinski definition) is 1. The predicted octanol–water partition coefficient (Wildman–Crippen LogP) is 3.43. The van der Waals surface area contributed by atoms with E-state index in [0.717, 1.165) is 32.4 Å². The molecule has 0 radical (unpaired) electrons. The second-order valence-corrected chi connectivity index (χ2v) is 5.11. The van der Waals surface area contributed by atoms with Crippen LogP contribution in [0.2, 0.25) is 0 Å². The Morgan fingerprint density at radius 1 is 1.37 bits per heavy atom. The summed E-state index contributed by atoms with van der Waals surface area (Å²) in [6, 6.07) is 3.78. The van der Waals surface area contributed by atoms with Crippen LogP contribution >= 0.6 is 0 Å². The van der Waals surface area contributed by atoms with E-state index in [4.69, 9.17) is 4.74 Å². The summed E-state index contributed by atoms with van der Waals surface area (Å²) < 4.78 is 33.1. The number of hydrogen-bond acceptors (Lipinski definition) is 2. The molecule has 2 nitrogen and oxygen atoms in total. The molecule has 2 rings (SSSR count). The molecule has 1 aromatic rings. The van der Waals surface area contributed by atoms with E-state index >= 15 is 0 Å². The highest BCUT2D eigenvalue weighted by molar-refractivity contribution is 5.23. The van der Waals surface area contributed by atoms with Gasteiger partial charge in [0, 0.05) is 24.8 Å². The fourth-order valence-electron chi connectivity index (χ4n) is 2.57. The van der Waals surface area contributed by atoms with E-state index in [-0.39, 0.29) is 11.6 Å². The Bertz CT molecular complexity index is 385. The summed E-state index contributed by atoms with van der Waals surface area (Å²) in [6.07, 6.45) is 2.63. The molecule has 2 unspecified atom stereocenters. The van der Waals surface area contributed by atoms with E-state index in [9.17, 15) is 8.78 Å². The van der Waals surface area contributed by atoms with Crippen LogP contribution in [0.25, 0.3) is 0 Å². The van der Waals surface area contributed by atoms with Crippen LogP contribution in [0.4, 0.5) is 8.78 Å². The van der Waals surface area contributed by atoms with E-state index in [1.807, 2.05) is 6.92 Å². The van der Waals surface area contributed by atoms with Crippen molar-refractivity contribution in [2.75, 3.05) is 19.8 Å². The molecule has 0 aliphatic carbocycles. The van der Waals surface area contributed by atoms with Gasteiger partial charge in [0.15, 0.2) is 0 Å². The van der Waals surface area contributed by atoms with Gasteiger partial charge in [-0.25, -0.2) is 8.78 Å². The normalized spacial score (nSPS) is 20.7. The van der Waals surface area contributed by atoms with Crippen molar-refractivity contribution in [2.24, 2.45) is 5.92 Å². The average Bonchev–Trinajstić information content (AvgIpc) is 2.88. The first-order chi connectivity index (χ1) is 9.22. The van der Waals surface area contributed by atoms with Gasteiger partial charge in [-0.05, 0) is 43.9 Å². The summed E-state index contributed by atoms with van der Waals surface area (Å²) in [5.41, 5.74) is 0.169. The maximum atomic E-state index is 13.9. The van der Waals surface area contributed by atoms with Gasteiger partial charge < -0.3 is 10.1 Å². The number of rotatable bonds is 6. The van der Waals surface area contributed by atoms with Crippen LogP contribution in [0.5, 0.6) is 0 Å². The number of benzene rings is 1. The lowest BCUT2D eigenvalue weighted by molar-refractivity contribution is 0.181. The maximum absolute atomic E-state index is 13.9. The minimum absolute atomic E-state index is 0.169. The van der Waals surface area contributed by atoms with Crippen molar-refractivity contribution in [1.82, 2.24) is 5.32 Å². The molecular weight excluding hydrogens is 248 g/mol. The molecule has 0 spiro atoms. The molecule has 1 N–H and O–H groups in total. The van der Waals surface area contributed by atoms with Crippen LogP contribution in [0, 0.1) is 17.6 Å². The Kier molecular flexibility index (Phi) is 5.28. The first-order valence-corrected chi connectivity index (χ1v) is 6.97. The topological polar surface area (TPSA) is 21.3 Å². The zero-order valence-electron chi connectivity index (χ0n) is 11.3. The third kappa shape index (κ3) is 3.74. The Hall–Kier alpha value is -1.00. The zero-order valence-corrected chi connectivity index (χ0v) is 11.3. The molecule has 4 heteroatoms. The van der Waals surface area contributed by atoms with Gasteiger partial charge in [-0.2, -0.15) is 0 Å². The fourth-order valence-corrected chi connectivity index (χ4v) is 2.57. The van der Waals surface area contributed by atoms with Crippen molar-refractivity contribution in [3.8, 4) is 0 Å². The Morgan fingerprint density at radius 3 is 2.68 bits per heavy atom. The van der Waals surface area contributed by atoms with E-state index in [0.29, 0.717) is 12.5 Å². The molecule has 0 amide bonds. The Morgan fingerprint density at radius 2 is 2.11 bits per heavy atom. The van der Waals surface area contributed by atoms with Crippen molar-refractivity contribution in [2.45, 2.75) is 32.2 Å². The van der Waals surface area contributed by atoms with Crippen LogP contribution in [0.1, 0.15) is 37.8 Å². The monoisotopic (exact) mass is 269 g/mol. The average molecular weight is 269 g/mol. The Labute approximate surface area is 113 Å². The summed E-state index contributed by atoms with van der Waals surface area (Å²) in [6.45, 7) is 4.25. The van der Waals surface area contributed by atoms with Gasteiger partial charge in [-0.3, -0.25) is 0 Å². The van der Waals surface area contributed by atoms with Crippen molar-refractivity contribution in [3.63, 3.8) is 0 Å².